The van der Waals surface area contributed by atoms with Gasteiger partial charge < -0.3 is 14.6 Å². The van der Waals surface area contributed by atoms with E-state index >= 15 is 0 Å². The molecule has 2 rings (SSSR count). The summed E-state index contributed by atoms with van der Waals surface area (Å²) in [6.07, 6.45) is 3.41. The Hall–Kier alpha value is -0.940. The lowest BCUT2D eigenvalue weighted by atomic mass is 9.87. The van der Waals surface area contributed by atoms with Gasteiger partial charge in [-0.25, -0.2) is 0 Å². The molecule has 0 bridgehead atoms. The minimum absolute atomic E-state index is 0.151. The van der Waals surface area contributed by atoms with Crippen LogP contribution in [0, 0.1) is 12.3 Å². The summed E-state index contributed by atoms with van der Waals surface area (Å²) >= 11 is 0. The van der Waals surface area contributed by atoms with E-state index in [-0.39, 0.29) is 11.5 Å². The van der Waals surface area contributed by atoms with Crippen molar-refractivity contribution in [1.29, 1.82) is 0 Å². The fourth-order valence-corrected chi connectivity index (χ4v) is 2.79. The topological polar surface area (TPSA) is 54.2 Å². The van der Waals surface area contributed by atoms with Gasteiger partial charge in [-0.2, -0.15) is 0 Å². The van der Waals surface area contributed by atoms with E-state index in [1.54, 1.807) is 6.33 Å². The minimum atomic E-state index is -0.151. The van der Waals surface area contributed by atoms with Crippen LogP contribution in [0.4, 0.5) is 0 Å². The molecule has 1 atom stereocenters. The minimum Gasteiger partial charge on any atom is -0.393 e. The Kier molecular flexibility index (Phi) is 4.02. The van der Waals surface area contributed by atoms with Crippen molar-refractivity contribution in [1.82, 2.24) is 19.7 Å². The molecule has 0 aromatic carbocycles. The van der Waals surface area contributed by atoms with Crippen molar-refractivity contribution in [2.24, 2.45) is 5.41 Å². The number of likely N-dealkylation sites (tertiary alicyclic amines) is 1. The number of nitrogens with zero attached hydrogens (tertiary/aromatic N) is 4. The third-order valence-electron chi connectivity index (χ3n) is 3.68. The molecule has 1 aromatic rings. The standard InChI is InChI=1S/C13H24N4O/c1-11-15-14-10-17(11)7-6-16-5-4-12(18)8-13(2,3)9-16/h10,12,18H,4-9H2,1-3H3/t12-/m1/s1. The van der Waals surface area contributed by atoms with E-state index in [1.807, 2.05) is 6.92 Å². The first-order valence-electron chi connectivity index (χ1n) is 6.71. The van der Waals surface area contributed by atoms with Gasteiger partial charge in [-0.15, -0.1) is 10.2 Å². The van der Waals surface area contributed by atoms with E-state index in [2.05, 4.69) is 33.5 Å². The average molecular weight is 252 g/mol. The SMILES string of the molecule is Cc1nncn1CCN1CC[C@@H](O)CC(C)(C)C1. The maximum absolute atomic E-state index is 9.89. The van der Waals surface area contributed by atoms with Gasteiger partial charge >= 0.3 is 0 Å². The molecule has 102 valence electrons. The molecule has 1 saturated heterocycles. The molecular formula is C13H24N4O. The molecule has 0 aliphatic carbocycles. The van der Waals surface area contributed by atoms with E-state index in [4.69, 9.17) is 0 Å². The highest BCUT2D eigenvalue weighted by atomic mass is 16.3. The molecule has 0 radical (unpaired) electrons. The summed E-state index contributed by atoms with van der Waals surface area (Å²) in [6.45, 7) is 10.4. The number of aryl methyl sites for hydroxylation is 1. The Balaban J connectivity index is 1.91. The normalized spacial score (nSPS) is 25.0. The van der Waals surface area contributed by atoms with Crippen LogP contribution in [0.15, 0.2) is 6.33 Å². The van der Waals surface area contributed by atoms with Crippen molar-refractivity contribution in [2.75, 3.05) is 19.6 Å². The number of hydrogen-bond acceptors (Lipinski definition) is 4. The second-order valence-electron chi connectivity index (χ2n) is 6.16. The molecule has 1 fully saturated rings. The highest BCUT2D eigenvalue weighted by Crippen LogP contribution is 2.28. The molecule has 1 N–H and O–H groups in total. The molecule has 5 nitrogen and oxygen atoms in total. The first-order chi connectivity index (χ1) is 8.46. The summed E-state index contributed by atoms with van der Waals surface area (Å²) in [6, 6.07) is 0. The summed E-state index contributed by atoms with van der Waals surface area (Å²) in [5, 5.41) is 17.8. The Bertz CT molecular complexity index is 388. The van der Waals surface area contributed by atoms with Gasteiger partial charge in [0.2, 0.25) is 0 Å². The zero-order valence-corrected chi connectivity index (χ0v) is 11.6. The van der Waals surface area contributed by atoms with Crippen molar-refractivity contribution in [3.63, 3.8) is 0 Å². The number of aliphatic hydroxyl groups excluding tert-OH is 1. The van der Waals surface area contributed by atoms with Crippen LogP contribution in [-0.4, -0.2) is 50.5 Å². The molecule has 5 heteroatoms. The first-order valence-corrected chi connectivity index (χ1v) is 6.71. The molecular weight excluding hydrogens is 228 g/mol. The van der Waals surface area contributed by atoms with Gasteiger partial charge in [-0.3, -0.25) is 0 Å². The van der Waals surface area contributed by atoms with Crippen LogP contribution in [0.25, 0.3) is 0 Å². The van der Waals surface area contributed by atoms with Gasteiger partial charge in [0.1, 0.15) is 12.2 Å². The lowest BCUT2D eigenvalue weighted by Crippen LogP contribution is -2.35. The van der Waals surface area contributed by atoms with Crippen molar-refractivity contribution in [3.05, 3.63) is 12.2 Å². The van der Waals surface area contributed by atoms with Crippen LogP contribution in [-0.2, 0) is 6.54 Å². The second-order valence-corrected chi connectivity index (χ2v) is 6.16. The summed E-state index contributed by atoms with van der Waals surface area (Å²) in [7, 11) is 0. The maximum Gasteiger partial charge on any atom is 0.129 e. The summed E-state index contributed by atoms with van der Waals surface area (Å²) < 4.78 is 2.08. The van der Waals surface area contributed by atoms with E-state index in [9.17, 15) is 5.11 Å². The lowest BCUT2D eigenvalue weighted by Gasteiger charge is -2.29. The Labute approximate surface area is 109 Å². The highest BCUT2D eigenvalue weighted by molar-refractivity contribution is 4.84. The Morgan fingerprint density at radius 1 is 1.44 bits per heavy atom. The zero-order chi connectivity index (χ0) is 13.2. The van der Waals surface area contributed by atoms with E-state index < -0.39 is 0 Å². The first kappa shape index (κ1) is 13.5. The third kappa shape index (κ3) is 3.53. The van der Waals surface area contributed by atoms with Crippen LogP contribution in [0.1, 0.15) is 32.5 Å². The molecule has 1 aliphatic heterocycles. The molecule has 18 heavy (non-hydrogen) atoms. The molecule has 0 saturated carbocycles. The van der Waals surface area contributed by atoms with E-state index in [0.717, 1.165) is 44.8 Å². The number of aromatic nitrogens is 3. The van der Waals surface area contributed by atoms with Crippen LogP contribution >= 0.6 is 0 Å². The fraction of sp³-hybridized carbons (Fsp3) is 0.846. The molecule has 1 aromatic heterocycles. The number of rotatable bonds is 3. The summed E-state index contributed by atoms with van der Waals surface area (Å²) in [4.78, 5) is 2.44. The highest BCUT2D eigenvalue weighted by Gasteiger charge is 2.28. The predicted molar refractivity (Wildman–Crippen MR) is 70.2 cm³/mol. The molecule has 2 heterocycles. The van der Waals surface area contributed by atoms with E-state index in [0.29, 0.717) is 0 Å². The number of hydrogen-bond donors (Lipinski definition) is 1. The smallest absolute Gasteiger partial charge is 0.129 e. The van der Waals surface area contributed by atoms with Crippen molar-refractivity contribution < 1.29 is 5.11 Å². The molecule has 1 aliphatic rings. The van der Waals surface area contributed by atoms with Crippen LogP contribution < -0.4 is 0 Å². The molecule has 0 amide bonds. The Morgan fingerprint density at radius 3 is 2.89 bits per heavy atom. The predicted octanol–water partition coefficient (Wildman–Crippen LogP) is 1.07. The van der Waals surface area contributed by atoms with Crippen LogP contribution in [0.2, 0.25) is 0 Å². The van der Waals surface area contributed by atoms with Gasteiger partial charge in [0.15, 0.2) is 0 Å². The van der Waals surface area contributed by atoms with E-state index in [1.165, 1.54) is 0 Å². The van der Waals surface area contributed by atoms with Gasteiger partial charge in [-0.05, 0) is 25.2 Å². The monoisotopic (exact) mass is 252 g/mol. The zero-order valence-electron chi connectivity index (χ0n) is 11.6. The lowest BCUT2D eigenvalue weighted by molar-refractivity contribution is 0.121. The Morgan fingerprint density at radius 2 is 2.22 bits per heavy atom. The van der Waals surface area contributed by atoms with Crippen LogP contribution in [0.5, 0.6) is 0 Å². The van der Waals surface area contributed by atoms with Crippen LogP contribution in [0.3, 0.4) is 0 Å². The maximum atomic E-state index is 9.89. The molecule has 0 unspecified atom stereocenters. The average Bonchev–Trinajstić information content (AvgIpc) is 2.61. The third-order valence-corrected chi connectivity index (χ3v) is 3.68. The second kappa shape index (κ2) is 5.36. The van der Waals surface area contributed by atoms with Crippen molar-refractivity contribution in [2.45, 2.75) is 46.3 Å². The largest absolute Gasteiger partial charge is 0.393 e. The summed E-state index contributed by atoms with van der Waals surface area (Å²) in [5.41, 5.74) is 0.193. The van der Waals surface area contributed by atoms with Crippen molar-refractivity contribution >= 4 is 0 Å². The fourth-order valence-electron chi connectivity index (χ4n) is 2.79. The van der Waals surface area contributed by atoms with Gasteiger partial charge in [0, 0.05) is 26.2 Å². The molecule has 0 spiro atoms. The van der Waals surface area contributed by atoms with Crippen molar-refractivity contribution in [3.8, 4) is 0 Å². The van der Waals surface area contributed by atoms with Gasteiger partial charge in [0.05, 0.1) is 6.10 Å². The quantitative estimate of drug-likeness (QED) is 0.874. The summed E-state index contributed by atoms with van der Waals surface area (Å²) in [5.74, 6) is 0.962. The number of aliphatic hydroxyl groups is 1. The van der Waals surface area contributed by atoms with Gasteiger partial charge in [-0.1, -0.05) is 13.8 Å². The van der Waals surface area contributed by atoms with Gasteiger partial charge in [0.25, 0.3) is 0 Å².